The van der Waals surface area contributed by atoms with E-state index in [1.54, 1.807) is 0 Å². The average molecular weight is 674 g/mol. The molecule has 10 rings (SSSR count). The molecule has 0 spiro atoms. The normalized spacial score (nSPS) is 11.6. The maximum Gasteiger partial charge on any atom is 0.164 e. The minimum Gasteiger partial charge on any atom is -0.208 e. The number of fused-ring (bicyclic) bond motifs is 6. The Bertz CT molecular complexity index is 2800. The first-order valence-electron chi connectivity index (χ1n) is 16.6. The molecule has 0 bridgehead atoms. The van der Waals surface area contributed by atoms with Crippen molar-refractivity contribution in [1.82, 2.24) is 15.0 Å². The highest BCUT2D eigenvalue weighted by molar-refractivity contribution is 7.26. The van der Waals surface area contributed by atoms with Crippen LogP contribution in [0.5, 0.6) is 0 Å². The van der Waals surface area contributed by atoms with Gasteiger partial charge in [-0.2, -0.15) is 0 Å². The van der Waals surface area contributed by atoms with Crippen molar-refractivity contribution < 1.29 is 0 Å². The van der Waals surface area contributed by atoms with Gasteiger partial charge in [0.2, 0.25) is 0 Å². The minimum atomic E-state index is 0.667. The van der Waals surface area contributed by atoms with E-state index in [1.807, 2.05) is 83.3 Å². The van der Waals surface area contributed by atoms with E-state index < -0.39 is 0 Å². The molecule has 0 saturated heterocycles. The first kappa shape index (κ1) is 29.0. The van der Waals surface area contributed by atoms with Crippen molar-refractivity contribution in [2.45, 2.75) is 0 Å². The molecular formula is C45H27N3S2. The average Bonchev–Trinajstić information content (AvgIpc) is 3.76. The smallest absolute Gasteiger partial charge is 0.164 e. The molecule has 3 nitrogen and oxygen atoms in total. The van der Waals surface area contributed by atoms with E-state index in [1.165, 1.54) is 62.6 Å². The fourth-order valence-electron chi connectivity index (χ4n) is 6.90. The molecule has 0 aliphatic carbocycles. The Morgan fingerprint density at radius 2 is 0.780 bits per heavy atom. The van der Waals surface area contributed by atoms with Crippen LogP contribution in [-0.4, -0.2) is 15.0 Å². The third-order valence-corrected chi connectivity index (χ3v) is 11.6. The maximum absolute atomic E-state index is 4.98. The number of hydrogen-bond acceptors (Lipinski definition) is 5. The summed E-state index contributed by atoms with van der Waals surface area (Å²) in [6.45, 7) is 0. The summed E-state index contributed by atoms with van der Waals surface area (Å²) in [5.41, 5.74) is 7.87. The largest absolute Gasteiger partial charge is 0.208 e. The SMILES string of the molecule is c1ccc(-c2cc(-c3ccc4c(c3)sc3cc(-c5nc(-c6ccccc6)nc(-c6ccccc6)n5)ccc34)c3c(c2)sc2ccccc23)cc1. The molecule has 0 N–H and O–H groups in total. The summed E-state index contributed by atoms with van der Waals surface area (Å²) >= 11 is 3.70. The lowest BCUT2D eigenvalue weighted by molar-refractivity contribution is 1.07. The van der Waals surface area contributed by atoms with Crippen LogP contribution >= 0.6 is 22.7 Å². The van der Waals surface area contributed by atoms with E-state index >= 15 is 0 Å². The van der Waals surface area contributed by atoms with E-state index in [-0.39, 0.29) is 0 Å². The van der Waals surface area contributed by atoms with Gasteiger partial charge in [0, 0.05) is 57.0 Å². The van der Waals surface area contributed by atoms with Crippen LogP contribution in [0.25, 0.3) is 96.8 Å². The van der Waals surface area contributed by atoms with Gasteiger partial charge < -0.3 is 0 Å². The summed E-state index contributed by atoms with van der Waals surface area (Å²) < 4.78 is 5.10. The van der Waals surface area contributed by atoms with Crippen LogP contribution in [0.15, 0.2) is 164 Å². The Labute approximate surface area is 296 Å². The molecule has 0 radical (unpaired) electrons. The Morgan fingerprint density at radius 1 is 0.300 bits per heavy atom. The van der Waals surface area contributed by atoms with Crippen LogP contribution < -0.4 is 0 Å². The third kappa shape index (κ3) is 4.98. The van der Waals surface area contributed by atoms with Crippen molar-refractivity contribution in [3.05, 3.63) is 164 Å². The maximum atomic E-state index is 4.98. The highest BCUT2D eigenvalue weighted by atomic mass is 32.1. The van der Waals surface area contributed by atoms with Crippen LogP contribution in [0, 0.1) is 0 Å². The Balaban J connectivity index is 1.12. The molecule has 0 unspecified atom stereocenters. The third-order valence-electron chi connectivity index (χ3n) is 9.33. The Morgan fingerprint density at radius 3 is 1.42 bits per heavy atom. The molecule has 0 aliphatic rings. The summed E-state index contributed by atoms with van der Waals surface area (Å²) in [5.74, 6) is 2.00. The molecule has 0 atom stereocenters. The van der Waals surface area contributed by atoms with Gasteiger partial charge in [-0.25, -0.2) is 15.0 Å². The number of thiophene rings is 2. The minimum absolute atomic E-state index is 0.667. The van der Waals surface area contributed by atoms with Gasteiger partial charge >= 0.3 is 0 Å². The number of nitrogens with zero attached hydrogens (tertiary/aromatic N) is 3. The van der Waals surface area contributed by atoms with Gasteiger partial charge in [0.05, 0.1) is 0 Å². The molecular weight excluding hydrogens is 647 g/mol. The van der Waals surface area contributed by atoms with Crippen molar-refractivity contribution in [2.24, 2.45) is 0 Å². The van der Waals surface area contributed by atoms with Gasteiger partial charge in [0.15, 0.2) is 17.5 Å². The number of benzene rings is 7. The quantitative estimate of drug-likeness (QED) is 0.182. The van der Waals surface area contributed by atoms with Crippen LogP contribution in [0.2, 0.25) is 0 Å². The predicted octanol–water partition coefficient (Wildman–Crippen LogP) is 12.9. The first-order valence-corrected chi connectivity index (χ1v) is 18.2. The van der Waals surface area contributed by atoms with E-state index in [9.17, 15) is 0 Å². The number of hydrogen-bond donors (Lipinski definition) is 0. The lowest BCUT2D eigenvalue weighted by Crippen LogP contribution is -1.99. The zero-order valence-corrected chi connectivity index (χ0v) is 28.4. The van der Waals surface area contributed by atoms with Gasteiger partial charge in [0.25, 0.3) is 0 Å². The highest BCUT2D eigenvalue weighted by Gasteiger charge is 2.17. The van der Waals surface area contributed by atoms with Gasteiger partial charge in [-0.15, -0.1) is 22.7 Å². The number of aromatic nitrogens is 3. The molecule has 234 valence electrons. The molecule has 3 heterocycles. The standard InChI is InChI=1S/C45H27N3S2/c1-4-12-28(13-5-1)33-24-37(42-36-18-10-11-19-38(36)49-41(42)27-33)31-20-22-34-35-23-21-32(26-40(35)50-39(34)25-31)45-47-43(29-14-6-2-7-15-29)46-44(48-45)30-16-8-3-9-17-30/h1-27H. The molecule has 10 aromatic rings. The molecule has 0 aliphatic heterocycles. The van der Waals surface area contributed by atoms with Crippen LogP contribution in [0.4, 0.5) is 0 Å². The Kier molecular flexibility index (Phi) is 6.86. The van der Waals surface area contributed by atoms with Crippen molar-refractivity contribution in [1.29, 1.82) is 0 Å². The van der Waals surface area contributed by atoms with E-state index in [4.69, 9.17) is 15.0 Å². The zero-order valence-electron chi connectivity index (χ0n) is 26.7. The predicted molar refractivity (Wildman–Crippen MR) is 213 cm³/mol. The van der Waals surface area contributed by atoms with Crippen LogP contribution in [-0.2, 0) is 0 Å². The summed E-state index contributed by atoms with van der Waals surface area (Å²) in [5, 5.41) is 5.14. The monoisotopic (exact) mass is 673 g/mol. The van der Waals surface area contributed by atoms with Gasteiger partial charge in [-0.3, -0.25) is 0 Å². The number of rotatable bonds is 5. The summed E-state index contributed by atoms with van der Waals surface area (Å²) in [6.07, 6.45) is 0. The fourth-order valence-corrected chi connectivity index (χ4v) is 9.26. The van der Waals surface area contributed by atoms with E-state index in [2.05, 4.69) is 103 Å². The van der Waals surface area contributed by atoms with Gasteiger partial charge in [-0.1, -0.05) is 133 Å². The molecule has 7 aromatic carbocycles. The molecule has 3 aromatic heterocycles. The fraction of sp³-hybridized carbons (Fsp3) is 0. The van der Waals surface area contributed by atoms with Gasteiger partial charge in [-0.05, 0) is 52.6 Å². The zero-order chi connectivity index (χ0) is 33.0. The van der Waals surface area contributed by atoms with Crippen molar-refractivity contribution in [3.63, 3.8) is 0 Å². The van der Waals surface area contributed by atoms with Crippen LogP contribution in [0.3, 0.4) is 0 Å². The lowest BCUT2D eigenvalue weighted by atomic mass is 9.94. The first-order chi connectivity index (χ1) is 24.7. The molecule has 0 fully saturated rings. The lowest BCUT2D eigenvalue weighted by Gasteiger charge is -2.10. The molecule has 0 saturated carbocycles. The van der Waals surface area contributed by atoms with Crippen LogP contribution in [0.1, 0.15) is 0 Å². The van der Waals surface area contributed by atoms with Crippen molar-refractivity contribution in [3.8, 4) is 56.4 Å². The molecule has 50 heavy (non-hydrogen) atoms. The summed E-state index contributed by atoms with van der Waals surface area (Å²) in [7, 11) is 0. The summed E-state index contributed by atoms with van der Waals surface area (Å²) in [6, 6.07) is 58.0. The van der Waals surface area contributed by atoms with Crippen molar-refractivity contribution >= 4 is 63.0 Å². The summed E-state index contributed by atoms with van der Waals surface area (Å²) in [4.78, 5) is 14.8. The second-order valence-corrected chi connectivity index (χ2v) is 14.6. The highest BCUT2D eigenvalue weighted by Crippen LogP contribution is 2.45. The molecule has 0 amide bonds. The molecule has 5 heteroatoms. The Hall–Kier alpha value is -6.01. The van der Waals surface area contributed by atoms with Gasteiger partial charge in [0.1, 0.15) is 0 Å². The van der Waals surface area contributed by atoms with E-state index in [0.717, 1.165) is 16.7 Å². The second kappa shape index (κ2) is 11.8. The van der Waals surface area contributed by atoms with E-state index in [0.29, 0.717) is 17.5 Å². The van der Waals surface area contributed by atoms with Crippen molar-refractivity contribution in [2.75, 3.05) is 0 Å². The topological polar surface area (TPSA) is 38.7 Å². The second-order valence-electron chi connectivity index (χ2n) is 12.4.